The summed E-state index contributed by atoms with van der Waals surface area (Å²) in [4.78, 5) is 18.2. The highest BCUT2D eigenvalue weighted by atomic mass is 79.9. The second-order valence-electron chi connectivity index (χ2n) is 4.31. The number of amides is 1. The van der Waals surface area contributed by atoms with Gasteiger partial charge in [-0.15, -0.1) is 0 Å². The summed E-state index contributed by atoms with van der Waals surface area (Å²) in [5, 5.41) is 0.676. The quantitative estimate of drug-likeness (QED) is 0.811. The molecule has 0 spiro atoms. The van der Waals surface area contributed by atoms with Gasteiger partial charge in [-0.1, -0.05) is 40.2 Å². The lowest BCUT2D eigenvalue weighted by Gasteiger charge is -2.18. The summed E-state index contributed by atoms with van der Waals surface area (Å²) in [6.45, 7) is 0.559. The third-order valence-electron chi connectivity index (χ3n) is 2.88. The third-order valence-corrected chi connectivity index (χ3v) is 3.49. The minimum atomic E-state index is 0.0268. The zero-order chi connectivity index (χ0) is 13.7. The molecule has 98 valence electrons. The molecule has 0 aliphatic carbocycles. The fourth-order valence-corrected chi connectivity index (χ4v) is 2.38. The number of hydrogen-bond acceptors (Lipinski definition) is 2. The molecule has 0 saturated heterocycles. The molecule has 1 aromatic carbocycles. The Morgan fingerprint density at radius 2 is 2.05 bits per heavy atom. The molecule has 2 rings (SSSR count). The second-order valence-corrected chi connectivity index (χ2v) is 4.87. The highest BCUT2D eigenvalue weighted by Crippen LogP contribution is 2.15. The Kier molecular flexibility index (Phi) is 4.68. The van der Waals surface area contributed by atoms with Crippen LogP contribution in [0.1, 0.15) is 21.5 Å². The highest BCUT2D eigenvalue weighted by molar-refractivity contribution is 9.08. The van der Waals surface area contributed by atoms with Gasteiger partial charge < -0.3 is 4.90 Å². The van der Waals surface area contributed by atoms with Gasteiger partial charge in [0.2, 0.25) is 0 Å². The lowest BCUT2D eigenvalue weighted by Crippen LogP contribution is -2.27. The number of nitrogens with zero attached hydrogens (tertiary/aromatic N) is 2. The highest BCUT2D eigenvalue weighted by Gasteiger charge is 2.14. The number of hydrogen-bond donors (Lipinski definition) is 0. The van der Waals surface area contributed by atoms with Gasteiger partial charge in [-0.2, -0.15) is 0 Å². The number of rotatable bonds is 4. The number of carbonyl (C=O) groups is 1. The van der Waals surface area contributed by atoms with Crippen LogP contribution >= 0.6 is 15.9 Å². The van der Waals surface area contributed by atoms with E-state index in [4.69, 9.17) is 0 Å². The molecule has 3 nitrogen and oxygen atoms in total. The maximum absolute atomic E-state index is 12.4. The molecule has 0 aliphatic rings. The van der Waals surface area contributed by atoms with Crippen molar-refractivity contribution in [1.29, 1.82) is 0 Å². The van der Waals surface area contributed by atoms with Crippen molar-refractivity contribution in [3.8, 4) is 0 Å². The van der Waals surface area contributed by atoms with Crippen molar-refractivity contribution in [2.24, 2.45) is 0 Å². The summed E-state index contributed by atoms with van der Waals surface area (Å²) < 4.78 is 0. The van der Waals surface area contributed by atoms with Crippen LogP contribution < -0.4 is 0 Å². The van der Waals surface area contributed by atoms with Gasteiger partial charge in [-0.3, -0.25) is 9.78 Å². The Bertz CT molecular complexity index is 557. The van der Waals surface area contributed by atoms with Crippen LogP contribution in [0, 0.1) is 0 Å². The maximum atomic E-state index is 12.4. The van der Waals surface area contributed by atoms with E-state index in [-0.39, 0.29) is 5.91 Å². The van der Waals surface area contributed by atoms with Crippen LogP contribution in [-0.4, -0.2) is 22.8 Å². The van der Waals surface area contributed by atoms with E-state index in [1.807, 2.05) is 36.4 Å². The van der Waals surface area contributed by atoms with Crippen LogP contribution in [0.3, 0.4) is 0 Å². The minimum absolute atomic E-state index is 0.0268. The van der Waals surface area contributed by atoms with Crippen molar-refractivity contribution in [2.45, 2.75) is 11.9 Å². The van der Waals surface area contributed by atoms with Crippen molar-refractivity contribution in [1.82, 2.24) is 9.88 Å². The number of aromatic nitrogens is 1. The van der Waals surface area contributed by atoms with Crippen LogP contribution in [0.4, 0.5) is 0 Å². The van der Waals surface area contributed by atoms with Gasteiger partial charge in [0, 0.05) is 36.9 Å². The molecular weight excluding hydrogens is 304 g/mol. The molecule has 4 heteroatoms. The Hall–Kier alpha value is -1.68. The number of pyridine rings is 1. The molecule has 0 saturated carbocycles. The Balaban J connectivity index is 2.15. The van der Waals surface area contributed by atoms with Crippen molar-refractivity contribution in [3.63, 3.8) is 0 Å². The van der Waals surface area contributed by atoms with E-state index in [0.717, 1.165) is 16.7 Å². The van der Waals surface area contributed by atoms with Gasteiger partial charge >= 0.3 is 0 Å². The summed E-state index contributed by atoms with van der Waals surface area (Å²) in [5.41, 5.74) is 2.77. The van der Waals surface area contributed by atoms with Gasteiger partial charge in [0.15, 0.2) is 0 Å². The number of carbonyl (C=O) groups excluding carboxylic acids is 1. The normalized spacial score (nSPS) is 10.2. The molecule has 0 bridgehead atoms. The smallest absolute Gasteiger partial charge is 0.254 e. The number of benzene rings is 1. The summed E-state index contributed by atoms with van der Waals surface area (Å²) in [6, 6.07) is 11.5. The molecule has 1 aromatic heterocycles. The molecular formula is C15H15BrN2O. The maximum Gasteiger partial charge on any atom is 0.254 e. The predicted molar refractivity (Wildman–Crippen MR) is 79.1 cm³/mol. The van der Waals surface area contributed by atoms with E-state index in [1.165, 1.54) is 0 Å². The monoisotopic (exact) mass is 318 g/mol. The Labute approximate surface area is 121 Å². The van der Waals surface area contributed by atoms with Crippen LogP contribution in [0.25, 0.3) is 0 Å². The average molecular weight is 319 g/mol. The molecule has 1 heterocycles. The van der Waals surface area contributed by atoms with Crippen molar-refractivity contribution < 1.29 is 4.79 Å². The minimum Gasteiger partial charge on any atom is -0.337 e. The lowest BCUT2D eigenvalue weighted by molar-refractivity contribution is 0.0784. The molecule has 0 radical (unpaired) electrons. The Morgan fingerprint density at radius 1 is 1.26 bits per heavy atom. The van der Waals surface area contributed by atoms with E-state index < -0.39 is 0 Å². The first kappa shape index (κ1) is 13.7. The van der Waals surface area contributed by atoms with Crippen molar-refractivity contribution in [3.05, 3.63) is 65.5 Å². The van der Waals surface area contributed by atoms with E-state index in [2.05, 4.69) is 20.9 Å². The molecule has 2 aromatic rings. The number of alkyl halides is 1. The summed E-state index contributed by atoms with van der Waals surface area (Å²) in [7, 11) is 1.81. The topological polar surface area (TPSA) is 33.2 Å². The SMILES string of the molecule is CN(Cc1cccnc1)C(=O)c1ccccc1CBr. The van der Waals surface area contributed by atoms with Gasteiger partial charge in [-0.25, -0.2) is 0 Å². The molecule has 0 unspecified atom stereocenters. The van der Waals surface area contributed by atoms with Gasteiger partial charge in [-0.05, 0) is 23.3 Å². The van der Waals surface area contributed by atoms with Crippen LogP contribution in [0.2, 0.25) is 0 Å². The van der Waals surface area contributed by atoms with Crippen LogP contribution in [-0.2, 0) is 11.9 Å². The molecule has 1 amide bonds. The fourth-order valence-electron chi connectivity index (χ4n) is 1.89. The predicted octanol–water partition coefficient (Wildman–Crippen LogP) is 3.25. The Morgan fingerprint density at radius 3 is 2.74 bits per heavy atom. The van der Waals surface area contributed by atoms with Crippen molar-refractivity contribution in [2.75, 3.05) is 7.05 Å². The van der Waals surface area contributed by atoms with Gasteiger partial charge in [0.05, 0.1) is 0 Å². The third kappa shape index (κ3) is 3.41. The molecule has 0 atom stereocenters. The van der Waals surface area contributed by atoms with Gasteiger partial charge in [0.25, 0.3) is 5.91 Å². The molecule has 0 N–H and O–H groups in total. The molecule has 0 fully saturated rings. The van der Waals surface area contributed by atoms with E-state index in [1.54, 1.807) is 24.3 Å². The van der Waals surface area contributed by atoms with Crippen LogP contribution in [0.5, 0.6) is 0 Å². The molecule has 0 aliphatic heterocycles. The van der Waals surface area contributed by atoms with E-state index >= 15 is 0 Å². The van der Waals surface area contributed by atoms with Crippen molar-refractivity contribution >= 4 is 21.8 Å². The summed E-state index contributed by atoms with van der Waals surface area (Å²) in [5.74, 6) is 0.0268. The first-order valence-electron chi connectivity index (χ1n) is 6.00. The number of halogens is 1. The van der Waals surface area contributed by atoms with E-state index in [0.29, 0.717) is 11.9 Å². The fraction of sp³-hybridized carbons (Fsp3) is 0.200. The zero-order valence-electron chi connectivity index (χ0n) is 10.7. The van der Waals surface area contributed by atoms with Crippen LogP contribution in [0.15, 0.2) is 48.8 Å². The average Bonchev–Trinajstić information content (AvgIpc) is 2.47. The van der Waals surface area contributed by atoms with Gasteiger partial charge in [0.1, 0.15) is 0 Å². The van der Waals surface area contributed by atoms with E-state index in [9.17, 15) is 4.79 Å². The lowest BCUT2D eigenvalue weighted by atomic mass is 10.1. The first-order valence-corrected chi connectivity index (χ1v) is 7.12. The summed E-state index contributed by atoms with van der Waals surface area (Å²) in [6.07, 6.45) is 3.51. The standard InChI is InChI=1S/C15H15BrN2O/c1-18(11-12-5-4-8-17-10-12)15(19)14-7-3-2-6-13(14)9-16/h2-8,10H,9,11H2,1H3. The first-order chi connectivity index (χ1) is 9.22. The second kappa shape index (κ2) is 6.48. The summed E-state index contributed by atoms with van der Waals surface area (Å²) >= 11 is 3.41. The molecule has 19 heavy (non-hydrogen) atoms. The zero-order valence-corrected chi connectivity index (χ0v) is 12.3. The largest absolute Gasteiger partial charge is 0.337 e.